The number of hydrogen-bond acceptors (Lipinski definition) is 6. The minimum absolute atomic E-state index is 0.0237. The van der Waals surface area contributed by atoms with E-state index in [0.717, 1.165) is 10.6 Å². The molecule has 0 aliphatic carbocycles. The highest BCUT2D eigenvalue weighted by atomic mass is 35.5. The molecule has 0 bridgehead atoms. The number of para-hydroxylation sites is 1. The number of halogens is 2. The highest BCUT2D eigenvalue weighted by Crippen LogP contribution is 2.26. The molecule has 0 unspecified atom stereocenters. The van der Waals surface area contributed by atoms with Crippen molar-refractivity contribution in [2.24, 2.45) is 7.05 Å². The van der Waals surface area contributed by atoms with Crippen LogP contribution in [0, 0.1) is 17.5 Å². The zero-order valence-electron chi connectivity index (χ0n) is 12.4. The lowest BCUT2D eigenvalue weighted by Crippen LogP contribution is -2.16. The second-order valence-corrected chi connectivity index (χ2v) is 7.16. The van der Waals surface area contributed by atoms with E-state index >= 15 is 0 Å². The van der Waals surface area contributed by atoms with E-state index in [9.17, 15) is 12.8 Å². The monoisotopic (exact) mass is 388 g/mol. The smallest absolute Gasteiger partial charge is 0.299 e. The number of aryl methyl sites for hydroxylation is 1. The Kier molecular flexibility index (Phi) is 4.01. The topological polar surface area (TPSA) is 94.2 Å². The Morgan fingerprint density at radius 2 is 2.04 bits per heavy atom. The molecule has 2 aromatic heterocycles. The summed E-state index contributed by atoms with van der Waals surface area (Å²) in [6.07, 6.45) is 0. The standard InChI is InChI=1S/C12H10ClFN6O2S2/c1-6-15-10-16-11(17-20(10)12(23)19(6)2)24(21,22)18-9-7(13)4-3-5-8(9)14/h3-5,18H,1-2H3. The molecule has 24 heavy (non-hydrogen) atoms. The van der Waals surface area contributed by atoms with E-state index in [4.69, 9.17) is 23.8 Å². The van der Waals surface area contributed by atoms with Gasteiger partial charge in [-0.3, -0.25) is 4.72 Å². The van der Waals surface area contributed by atoms with Crippen molar-refractivity contribution < 1.29 is 12.8 Å². The predicted octanol–water partition coefficient (Wildman–Crippen LogP) is 2.09. The van der Waals surface area contributed by atoms with Gasteiger partial charge in [-0.1, -0.05) is 17.7 Å². The van der Waals surface area contributed by atoms with E-state index in [2.05, 4.69) is 15.1 Å². The summed E-state index contributed by atoms with van der Waals surface area (Å²) in [6.45, 7) is 1.69. The minimum Gasteiger partial charge on any atom is -0.308 e. The summed E-state index contributed by atoms with van der Waals surface area (Å²) in [5.74, 6) is -0.260. The average molecular weight is 389 g/mol. The van der Waals surface area contributed by atoms with Crippen molar-refractivity contribution in [1.82, 2.24) is 24.1 Å². The van der Waals surface area contributed by atoms with Gasteiger partial charge < -0.3 is 4.57 Å². The molecule has 8 nitrogen and oxygen atoms in total. The van der Waals surface area contributed by atoms with Gasteiger partial charge >= 0.3 is 0 Å². The number of fused-ring (bicyclic) bond motifs is 1. The Morgan fingerprint density at radius 1 is 1.33 bits per heavy atom. The third-order valence-corrected chi connectivity index (χ3v) is 5.11. The third kappa shape index (κ3) is 2.74. The normalized spacial score (nSPS) is 11.8. The lowest BCUT2D eigenvalue weighted by Gasteiger charge is -2.07. The zero-order valence-corrected chi connectivity index (χ0v) is 14.7. The minimum atomic E-state index is -4.28. The first-order chi connectivity index (χ1) is 11.2. The summed E-state index contributed by atoms with van der Waals surface area (Å²) in [5, 5.41) is 3.16. The number of aromatic nitrogens is 5. The molecule has 3 rings (SSSR count). The maximum absolute atomic E-state index is 13.8. The molecule has 0 atom stereocenters. The number of anilines is 1. The molecule has 1 aromatic carbocycles. The number of rotatable bonds is 3. The van der Waals surface area contributed by atoms with Crippen LogP contribution in [0.2, 0.25) is 5.02 Å². The third-order valence-electron chi connectivity index (χ3n) is 3.23. The van der Waals surface area contributed by atoms with Crippen LogP contribution in [-0.4, -0.2) is 32.6 Å². The Labute approximate surface area is 146 Å². The van der Waals surface area contributed by atoms with Crippen LogP contribution < -0.4 is 4.72 Å². The summed E-state index contributed by atoms with van der Waals surface area (Å²) < 4.78 is 43.5. The fraction of sp³-hybridized carbons (Fsp3) is 0.167. The van der Waals surface area contributed by atoms with Crippen LogP contribution in [0.3, 0.4) is 0 Å². The molecule has 0 fully saturated rings. The van der Waals surface area contributed by atoms with Crippen LogP contribution in [0.1, 0.15) is 5.82 Å². The predicted molar refractivity (Wildman–Crippen MR) is 87.5 cm³/mol. The molecule has 126 valence electrons. The average Bonchev–Trinajstić information content (AvgIpc) is 2.94. The van der Waals surface area contributed by atoms with Crippen molar-refractivity contribution in [3.05, 3.63) is 39.6 Å². The van der Waals surface area contributed by atoms with Crippen LogP contribution >= 0.6 is 23.8 Å². The number of benzene rings is 1. The van der Waals surface area contributed by atoms with E-state index in [1.165, 1.54) is 12.1 Å². The first-order valence-corrected chi connectivity index (χ1v) is 8.75. The van der Waals surface area contributed by atoms with Crippen LogP contribution in [-0.2, 0) is 17.1 Å². The highest BCUT2D eigenvalue weighted by molar-refractivity contribution is 7.92. The molecule has 0 aliphatic rings. The van der Waals surface area contributed by atoms with Crippen LogP contribution in [0.15, 0.2) is 23.4 Å². The molecular formula is C12H10ClFN6O2S2. The van der Waals surface area contributed by atoms with Gasteiger partial charge in [-0.05, 0) is 31.3 Å². The van der Waals surface area contributed by atoms with E-state index < -0.39 is 21.0 Å². The number of sulfonamides is 1. The van der Waals surface area contributed by atoms with Gasteiger partial charge in [0.2, 0.25) is 4.77 Å². The Balaban J connectivity index is 2.12. The van der Waals surface area contributed by atoms with E-state index in [1.807, 2.05) is 4.72 Å². The van der Waals surface area contributed by atoms with Crippen molar-refractivity contribution in [3.8, 4) is 0 Å². The molecule has 0 saturated heterocycles. The first-order valence-electron chi connectivity index (χ1n) is 6.48. The Morgan fingerprint density at radius 3 is 2.71 bits per heavy atom. The molecular weight excluding hydrogens is 379 g/mol. The van der Waals surface area contributed by atoms with E-state index in [1.54, 1.807) is 18.5 Å². The van der Waals surface area contributed by atoms with Crippen LogP contribution in [0.25, 0.3) is 5.78 Å². The van der Waals surface area contributed by atoms with Gasteiger partial charge in [-0.2, -0.15) is 22.9 Å². The van der Waals surface area contributed by atoms with Crippen molar-refractivity contribution in [2.45, 2.75) is 12.1 Å². The van der Waals surface area contributed by atoms with Gasteiger partial charge in [0.15, 0.2) is 0 Å². The lowest BCUT2D eigenvalue weighted by molar-refractivity contribution is 0.589. The number of nitrogens with one attached hydrogen (secondary N) is 1. The zero-order chi connectivity index (χ0) is 17.6. The highest BCUT2D eigenvalue weighted by Gasteiger charge is 2.24. The SMILES string of the molecule is Cc1nc2nc(S(=O)(=O)Nc3c(F)cccc3Cl)nn2c(=S)n1C. The summed E-state index contributed by atoms with van der Waals surface area (Å²) in [5.41, 5.74) is -0.383. The molecule has 0 radical (unpaired) electrons. The van der Waals surface area contributed by atoms with Crippen molar-refractivity contribution in [1.29, 1.82) is 0 Å². The van der Waals surface area contributed by atoms with Crippen molar-refractivity contribution >= 4 is 45.3 Å². The molecule has 0 spiro atoms. The molecule has 1 N–H and O–H groups in total. The largest absolute Gasteiger partial charge is 0.308 e. The Bertz CT molecular complexity index is 1100. The van der Waals surface area contributed by atoms with Gasteiger partial charge in [0.05, 0.1) is 5.02 Å². The van der Waals surface area contributed by atoms with Gasteiger partial charge in [-0.25, -0.2) is 4.39 Å². The Hall–Kier alpha value is -2.11. The van der Waals surface area contributed by atoms with Crippen LogP contribution in [0.4, 0.5) is 10.1 Å². The van der Waals surface area contributed by atoms with Gasteiger partial charge in [-0.15, -0.1) is 5.10 Å². The molecule has 12 heteroatoms. The summed E-state index contributed by atoms with van der Waals surface area (Å²) in [4.78, 5) is 7.95. The number of hydrogen-bond donors (Lipinski definition) is 1. The first kappa shape index (κ1) is 16.7. The molecule has 2 heterocycles. The molecule has 3 aromatic rings. The fourth-order valence-corrected chi connectivity index (χ4v) is 3.35. The maximum atomic E-state index is 13.8. The molecule has 0 amide bonds. The van der Waals surface area contributed by atoms with Crippen molar-refractivity contribution in [3.63, 3.8) is 0 Å². The van der Waals surface area contributed by atoms with Gasteiger partial charge in [0.1, 0.15) is 17.3 Å². The maximum Gasteiger partial charge on any atom is 0.299 e. The lowest BCUT2D eigenvalue weighted by atomic mass is 10.3. The summed E-state index contributed by atoms with van der Waals surface area (Å²) in [7, 11) is -2.61. The molecule has 0 aliphatic heterocycles. The van der Waals surface area contributed by atoms with E-state index in [-0.39, 0.29) is 21.3 Å². The van der Waals surface area contributed by atoms with Gasteiger partial charge in [0, 0.05) is 7.05 Å². The second-order valence-electron chi connectivity index (χ2n) is 4.81. The van der Waals surface area contributed by atoms with E-state index in [0.29, 0.717) is 5.82 Å². The van der Waals surface area contributed by atoms with Crippen LogP contribution in [0.5, 0.6) is 0 Å². The number of nitrogens with zero attached hydrogens (tertiary/aromatic N) is 5. The van der Waals surface area contributed by atoms with Gasteiger partial charge in [0.25, 0.3) is 21.0 Å². The second kappa shape index (κ2) is 5.76. The summed E-state index contributed by atoms with van der Waals surface area (Å²) >= 11 is 11.0. The fourth-order valence-electron chi connectivity index (χ4n) is 1.88. The quantitative estimate of drug-likeness (QED) is 0.690. The van der Waals surface area contributed by atoms with Crippen molar-refractivity contribution in [2.75, 3.05) is 4.72 Å². The molecule has 0 saturated carbocycles. The summed E-state index contributed by atoms with van der Waals surface area (Å²) in [6, 6.07) is 3.79.